The number of aromatic nitrogens is 4. The summed E-state index contributed by atoms with van der Waals surface area (Å²) in [6, 6.07) is 11.3. The molecule has 0 saturated heterocycles. The van der Waals surface area contributed by atoms with Crippen molar-refractivity contribution in [3.63, 3.8) is 0 Å². The van der Waals surface area contributed by atoms with Gasteiger partial charge in [-0.25, -0.2) is 9.97 Å². The Kier molecular flexibility index (Phi) is 5.53. The highest BCUT2D eigenvalue weighted by Gasteiger charge is 2.16. The first-order valence-electron chi connectivity index (χ1n) is 9.46. The number of nitrogens with one attached hydrogen (secondary N) is 1. The van der Waals surface area contributed by atoms with Crippen LogP contribution in [0.15, 0.2) is 36.4 Å². The minimum Gasteiger partial charge on any atom is -0.497 e. The van der Waals surface area contributed by atoms with Crippen LogP contribution in [0.4, 0.5) is 5.95 Å². The zero-order valence-electron chi connectivity index (χ0n) is 17.0. The molecule has 0 aliphatic rings. The first-order chi connectivity index (χ1) is 14.7. The highest BCUT2D eigenvalue weighted by Crippen LogP contribution is 2.29. The van der Waals surface area contributed by atoms with Crippen molar-refractivity contribution in [3.05, 3.63) is 47.8 Å². The van der Waals surface area contributed by atoms with Crippen molar-refractivity contribution in [3.8, 4) is 17.2 Å². The molecule has 9 heteroatoms. The van der Waals surface area contributed by atoms with E-state index in [1.165, 1.54) is 0 Å². The van der Waals surface area contributed by atoms with Crippen molar-refractivity contribution in [1.82, 2.24) is 19.6 Å². The largest absolute Gasteiger partial charge is 0.497 e. The van der Waals surface area contributed by atoms with Crippen molar-refractivity contribution in [2.45, 2.75) is 13.0 Å². The highest BCUT2D eigenvalue weighted by molar-refractivity contribution is 5.95. The van der Waals surface area contributed by atoms with E-state index in [0.717, 1.165) is 16.7 Å². The van der Waals surface area contributed by atoms with Gasteiger partial charge in [0.15, 0.2) is 11.5 Å². The molecule has 2 aromatic carbocycles. The number of fused-ring (bicyclic) bond motifs is 3. The van der Waals surface area contributed by atoms with Crippen LogP contribution in [0, 0.1) is 0 Å². The molecule has 0 aliphatic heterocycles. The van der Waals surface area contributed by atoms with Crippen LogP contribution in [-0.4, -0.2) is 52.6 Å². The van der Waals surface area contributed by atoms with Crippen molar-refractivity contribution in [1.29, 1.82) is 0 Å². The van der Waals surface area contributed by atoms with Crippen molar-refractivity contribution in [2.24, 2.45) is 0 Å². The highest BCUT2D eigenvalue weighted by atomic mass is 16.5. The number of hydrogen-bond acceptors (Lipinski definition) is 8. The first kappa shape index (κ1) is 19.7. The number of para-hydroxylation sites is 1. The van der Waals surface area contributed by atoms with Gasteiger partial charge in [0, 0.05) is 30.0 Å². The summed E-state index contributed by atoms with van der Waals surface area (Å²) < 4.78 is 17.9. The van der Waals surface area contributed by atoms with Gasteiger partial charge in [-0.05, 0) is 24.3 Å². The molecule has 0 atom stereocenters. The molecular formula is C21H23N5O4. The predicted molar refractivity (Wildman–Crippen MR) is 113 cm³/mol. The maximum atomic E-state index is 9.30. The molecule has 2 N–H and O–H groups in total. The van der Waals surface area contributed by atoms with Crippen LogP contribution in [0.3, 0.4) is 0 Å². The Morgan fingerprint density at radius 1 is 1.00 bits per heavy atom. The fourth-order valence-electron chi connectivity index (χ4n) is 3.31. The van der Waals surface area contributed by atoms with Gasteiger partial charge < -0.3 is 24.6 Å². The normalized spacial score (nSPS) is 11.1. The number of benzene rings is 2. The van der Waals surface area contributed by atoms with Gasteiger partial charge in [0.05, 0.1) is 27.9 Å². The van der Waals surface area contributed by atoms with E-state index in [0.29, 0.717) is 47.4 Å². The third kappa shape index (κ3) is 3.55. The van der Waals surface area contributed by atoms with Crippen LogP contribution >= 0.6 is 0 Å². The summed E-state index contributed by atoms with van der Waals surface area (Å²) in [7, 11) is 4.84. The molecule has 0 unspecified atom stereocenters. The summed E-state index contributed by atoms with van der Waals surface area (Å²) in [6.07, 6.45) is 0.360. The van der Waals surface area contributed by atoms with Crippen molar-refractivity contribution in [2.75, 3.05) is 33.3 Å². The average Bonchev–Trinajstić information content (AvgIpc) is 3.21. The molecule has 0 fully saturated rings. The lowest BCUT2D eigenvalue weighted by molar-refractivity contribution is 0.296. The smallest absolute Gasteiger partial charge is 0.226 e. The van der Waals surface area contributed by atoms with Gasteiger partial charge in [-0.15, -0.1) is 5.10 Å². The van der Waals surface area contributed by atoms with E-state index in [9.17, 15) is 5.11 Å². The summed E-state index contributed by atoms with van der Waals surface area (Å²) in [6.45, 7) is 0.419. The SMILES string of the molecule is COc1ccc(CNc2nc3c(OC)cccc3c3nc(CCO)nn23)c(OC)c1. The lowest BCUT2D eigenvalue weighted by Crippen LogP contribution is -2.09. The minimum absolute atomic E-state index is 0.0304. The number of methoxy groups -OCH3 is 3. The fraction of sp³-hybridized carbons (Fsp3) is 0.286. The maximum Gasteiger partial charge on any atom is 0.226 e. The van der Waals surface area contributed by atoms with Gasteiger partial charge in [0.1, 0.15) is 22.8 Å². The number of aliphatic hydroxyl groups is 1. The molecule has 4 aromatic rings. The maximum absolute atomic E-state index is 9.30. The molecule has 0 bridgehead atoms. The number of anilines is 1. The molecule has 2 heterocycles. The van der Waals surface area contributed by atoms with E-state index in [1.807, 2.05) is 36.4 Å². The number of ether oxygens (including phenoxy) is 3. The zero-order chi connectivity index (χ0) is 21.1. The Hall–Kier alpha value is -3.59. The second-order valence-electron chi connectivity index (χ2n) is 6.56. The van der Waals surface area contributed by atoms with Crippen LogP contribution < -0.4 is 19.5 Å². The predicted octanol–water partition coefficient (Wildman–Crippen LogP) is 2.45. The number of nitrogens with zero attached hydrogens (tertiary/aromatic N) is 4. The standard InChI is InChI=1S/C21H23N5O4/c1-28-14-8-7-13(17(11-14)30-3)12-22-21-24-19-15(5-4-6-16(19)29-2)20-23-18(9-10-27)25-26(20)21/h4-8,11,27H,9-10,12H2,1-3H3,(H,22,24). The molecule has 9 nitrogen and oxygen atoms in total. The summed E-state index contributed by atoms with van der Waals surface area (Å²) in [5.74, 6) is 3.12. The second kappa shape index (κ2) is 8.42. The van der Waals surface area contributed by atoms with Crippen LogP contribution in [0.25, 0.3) is 16.6 Å². The van der Waals surface area contributed by atoms with Gasteiger partial charge >= 0.3 is 0 Å². The molecule has 0 spiro atoms. The second-order valence-corrected chi connectivity index (χ2v) is 6.56. The monoisotopic (exact) mass is 409 g/mol. The van der Waals surface area contributed by atoms with Crippen LogP contribution in [0.2, 0.25) is 0 Å². The lowest BCUT2D eigenvalue weighted by Gasteiger charge is -2.13. The Balaban J connectivity index is 1.79. The molecule has 0 radical (unpaired) electrons. The first-order valence-corrected chi connectivity index (χ1v) is 9.46. The molecule has 0 amide bonds. The van der Waals surface area contributed by atoms with Crippen molar-refractivity contribution >= 4 is 22.5 Å². The summed E-state index contributed by atoms with van der Waals surface area (Å²) in [4.78, 5) is 9.34. The number of aliphatic hydroxyl groups excluding tert-OH is 1. The Labute approximate surface area is 173 Å². The van der Waals surface area contributed by atoms with Gasteiger partial charge in [-0.2, -0.15) is 4.52 Å². The Morgan fingerprint density at radius 2 is 1.83 bits per heavy atom. The van der Waals surface area contributed by atoms with E-state index in [-0.39, 0.29) is 6.61 Å². The van der Waals surface area contributed by atoms with Crippen molar-refractivity contribution < 1.29 is 19.3 Å². The summed E-state index contributed by atoms with van der Waals surface area (Å²) >= 11 is 0. The minimum atomic E-state index is -0.0304. The molecule has 30 heavy (non-hydrogen) atoms. The Morgan fingerprint density at radius 3 is 2.57 bits per heavy atom. The summed E-state index contributed by atoms with van der Waals surface area (Å²) in [5.41, 5.74) is 2.26. The molecule has 2 aromatic heterocycles. The van der Waals surface area contributed by atoms with Gasteiger partial charge in [-0.3, -0.25) is 0 Å². The number of hydrogen-bond donors (Lipinski definition) is 2. The Bertz CT molecular complexity index is 1190. The third-order valence-electron chi connectivity index (χ3n) is 4.80. The van der Waals surface area contributed by atoms with E-state index < -0.39 is 0 Å². The third-order valence-corrected chi connectivity index (χ3v) is 4.80. The zero-order valence-corrected chi connectivity index (χ0v) is 17.0. The molecule has 156 valence electrons. The molecular weight excluding hydrogens is 386 g/mol. The molecule has 4 rings (SSSR count). The quantitative estimate of drug-likeness (QED) is 0.457. The molecule has 0 saturated carbocycles. The van der Waals surface area contributed by atoms with Gasteiger partial charge in [0.2, 0.25) is 5.95 Å². The van der Waals surface area contributed by atoms with Gasteiger partial charge in [0.25, 0.3) is 0 Å². The van der Waals surface area contributed by atoms with Gasteiger partial charge in [-0.1, -0.05) is 6.07 Å². The average molecular weight is 409 g/mol. The van der Waals surface area contributed by atoms with Crippen LogP contribution in [0.1, 0.15) is 11.4 Å². The van der Waals surface area contributed by atoms with E-state index >= 15 is 0 Å². The van der Waals surface area contributed by atoms with Crippen LogP contribution in [0.5, 0.6) is 17.2 Å². The van der Waals surface area contributed by atoms with Crippen LogP contribution in [-0.2, 0) is 13.0 Å². The van der Waals surface area contributed by atoms with E-state index in [4.69, 9.17) is 19.2 Å². The molecule has 0 aliphatic carbocycles. The van der Waals surface area contributed by atoms with E-state index in [2.05, 4.69) is 15.4 Å². The fourth-order valence-corrected chi connectivity index (χ4v) is 3.31. The summed E-state index contributed by atoms with van der Waals surface area (Å²) in [5, 5.41) is 18.0. The topological polar surface area (TPSA) is 103 Å². The van der Waals surface area contributed by atoms with E-state index in [1.54, 1.807) is 25.8 Å². The lowest BCUT2D eigenvalue weighted by atomic mass is 10.2. The number of rotatable bonds is 8.